The summed E-state index contributed by atoms with van der Waals surface area (Å²) in [7, 11) is 0. The van der Waals surface area contributed by atoms with Crippen molar-refractivity contribution in [3.05, 3.63) is 46.5 Å². The Kier molecular flexibility index (Phi) is 4.71. The molecule has 0 saturated carbocycles. The highest BCUT2D eigenvalue weighted by Gasteiger charge is 1.97. The van der Waals surface area contributed by atoms with Crippen molar-refractivity contribution in [2.24, 2.45) is 5.73 Å². The van der Waals surface area contributed by atoms with Crippen molar-refractivity contribution in [3.63, 3.8) is 0 Å². The lowest BCUT2D eigenvalue weighted by molar-refractivity contribution is 1.00. The maximum Gasteiger partial charge on any atom is 0.0443 e. The summed E-state index contributed by atoms with van der Waals surface area (Å²) >= 11 is 6.08. The Bertz CT molecular complexity index is 318. The second-order valence-corrected chi connectivity index (χ2v) is 3.75. The quantitative estimate of drug-likeness (QED) is 0.758. The first-order chi connectivity index (χ1) is 6.74. The Labute approximate surface area is 90.6 Å². The Hall–Kier alpha value is -0.790. The summed E-state index contributed by atoms with van der Waals surface area (Å²) in [5, 5.41) is 0.849. The molecule has 1 aromatic carbocycles. The fourth-order valence-corrected chi connectivity index (χ4v) is 1.55. The fraction of sp³-hybridized carbons (Fsp3) is 0.333. The molecule has 0 aromatic heterocycles. The van der Waals surface area contributed by atoms with Crippen molar-refractivity contribution in [1.82, 2.24) is 0 Å². The molecule has 0 unspecified atom stereocenters. The second-order valence-electron chi connectivity index (χ2n) is 3.35. The number of aryl methyl sites for hydroxylation is 1. The summed E-state index contributed by atoms with van der Waals surface area (Å²) in [5.41, 5.74) is 7.75. The van der Waals surface area contributed by atoms with Gasteiger partial charge in [0.05, 0.1) is 0 Å². The van der Waals surface area contributed by atoms with Gasteiger partial charge in [0.1, 0.15) is 0 Å². The molecule has 0 heterocycles. The molecule has 1 rings (SSSR count). The molecule has 0 spiro atoms. The number of rotatable bonds is 4. The van der Waals surface area contributed by atoms with Gasteiger partial charge >= 0.3 is 0 Å². The molecule has 0 saturated heterocycles. The van der Waals surface area contributed by atoms with Crippen LogP contribution in [0, 0.1) is 6.92 Å². The second kappa shape index (κ2) is 5.84. The zero-order valence-electron chi connectivity index (χ0n) is 8.46. The summed E-state index contributed by atoms with van der Waals surface area (Å²) in [5.74, 6) is 0. The third-order valence-corrected chi connectivity index (χ3v) is 2.40. The standard InChI is InChI=1S/C12H16ClN/c1-10-6-7-11(12(13)9-10)5-3-2-4-8-14/h2-3,6-7,9H,4-5,8,14H2,1H3/b3-2+. The number of allylic oxidation sites excluding steroid dienone is 1. The monoisotopic (exact) mass is 209 g/mol. The van der Waals surface area contributed by atoms with Crippen LogP contribution in [-0.2, 0) is 6.42 Å². The van der Waals surface area contributed by atoms with Crippen LogP contribution in [0.4, 0.5) is 0 Å². The number of hydrogen-bond acceptors (Lipinski definition) is 1. The van der Waals surface area contributed by atoms with Crippen LogP contribution in [0.1, 0.15) is 17.5 Å². The van der Waals surface area contributed by atoms with Gasteiger partial charge in [-0.3, -0.25) is 0 Å². The van der Waals surface area contributed by atoms with Crippen LogP contribution in [0.2, 0.25) is 5.02 Å². The van der Waals surface area contributed by atoms with Crippen LogP contribution in [-0.4, -0.2) is 6.54 Å². The normalized spacial score (nSPS) is 11.1. The van der Waals surface area contributed by atoms with E-state index in [9.17, 15) is 0 Å². The van der Waals surface area contributed by atoms with Gasteiger partial charge in [-0.25, -0.2) is 0 Å². The average molecular weight is 210 g/mol. The molecule has 0 radical (unpaired) electrons. The van der Waals surface area contributed by atoms with Crippen LogP contribution in [0.5, 0.6) is 0 Å². The predicted molar refractivity (Wildman–Crippen MR) is 62.7 cm³/mol. The molecule has 76 valence electrons. The van der Waals surface area contributed by atoms with E-state index in [2.05, 4.69) is 24.3 Å². The Morgan fingerprint density at radius 3 is 2.79 bits per heavy atom. The van der Waals surface area contributed by atoms with Gasteiger partial charge in [0.2, 0.25) is 0 Å². The van der Waals surface area contributed by atoms with Crippen molar-refractivity contribution in [1.29, 1.82) is 0 Å². The lowest BCUT2D eigenvalue weighted by atomic mass is 10.1. The summed E-state index contributed by atoms with van der Waals surface area (Å²) in [6, 6.07) is 6.15. The van der Waals surface area contributed by atoms with E-state index in [0.717, 1.165) is 17.9 Å². The van der Waals surface area contributed by atoms with Crippen molar-refractivity contribution in [3.8, 4) is 0 Å². The first-order valence-electron chi connectivity index (χ1n) is 4.84. The van der Waals surface area contributed by atoms with Gasteiger partial charge in [-0.1, -0.05) is 35.9 Å². The molecule has 0 atom stereocenters. The highest BCUT2D eigenvalue weighted by molar-refractivity contribution is 6.31. The minimum absolute atomic E-state index is 0.706. The van der Waals surface area contributed by atoms with Crippen LogP contribution >= 0.6 is 11.6 Å². The molecule has 0 aliphatic heterocycles. The number of halogens is 1. The van der Waals surface area contributed by atoms with E-state index in [1.165, 1.54) is 11.1 Å². The third-order valence-electron chi connectivity index (χ3n) is 2.05. The predicted octanol–water partition coefficient (Wildman–Crippen LogP) is 3.10. The van der Waals surface area contributed by atoms with Crippen LogP contribution in [0.15, 0.2) is 30.4 Å². The smallest absolute Gasteiger partial charge is 0.0443 e. The molecule has 0 aliphatic carbocycles. The first kappa shape index (κ1) is 11.3. The molecular weight excluding hydrogens is 194 g/mol. The van der Waals surface area contributed by atoms with E-state index < -0.39 is 0 Å². The Balaban J connectivity index is 2.59. The summed E-state index contributed by atoms with van der Waals surface area (Å²) in [6.45, 7) is 2.75. The van der Waals surface area contributed by atoms with Crippen molar-refractivity contribution in [2.75, 3.05) is 6.54 Å². The largest absolute Gasteiger partial charge is 0.330 e. The zero-order valence-corrected chi connectivity index (χ0v) is 9.22. The molecular formula is C12H16ClN. The Morgan fingerprint density at radius 2 is 2.14 bits per heavy atom. The molecule has 1 nitrogen and oxygen atoms in total. The molecule has 0 amide bonds. The minimum atomic E-state index is 0.706. The molecule has 1 aromatic rings. The summed E-state index contributed by atoms with van der Waals surface area (Å²) in [4.78, 5) is 0. The van der Waals surface area contributed by atoms with Crippen molar-refractivity contribution < 1.29 is 0 Å². The van der Waals surface area contributed by atoms with E-state index in [-0.39, 0.29) is 0 Å². The van der Waals surface area contributed by atoms with E-state index in [1.54, 1.807) is 0 Å². The maximum atomic E-state index is 6.08. The van der Waals surface area contributed by atoms with Crippen LogP contribution in [0.3, 0.4) is 0 Å². The van der Waals surface area contributed by atoms with Gasteiger partial charge in [0.25, 0.3) is 0 Å². The number of hydrogen-bond donors (Lipinski definition) is 1. The molecule has 0 aliphatic rings. The third kappa shape index (κ3) is 3.52. The van der Waals surface area contributed by atoms with Gasteiger partial charge in [0.15, 0.2) is 0 Å². The molecule has 2 N–H and O–H groups in total. The SMILES string of the molecule is Cc1ccc(C/C=C/CCN)c(Cl)c1. The highest BCUT2D eigenvalue weighted by Crippen LogP contribution is 2.18. The van der Waals surface area contributed by atoms with Gasteiger partial charge in [-0.15, -0.1) is 0 Å². The minimum Gasteiger partial charge on any atom is -0.330 e. The van der Waals surface area contributed by atoms with Gasteiger partial charge in [-0.2, -0.15) is 0 Å². The topological polar surface area (TPSA) is 26.0 Å². The van der Waals surface area contributed by atoms with E-state index in [0.29, 0.717) is 6.54 Å². The number of nitrogens with two attached hydrogens (primary N) is 1. The van der Waals surface area contributed by atoms with E-state index >= 15 is 0 Å². The maximum absolute atomic E-state index is 6.08. The Morgan fingerprint density at radius 1 is 1.36 bits per heavy atom. The first-order valence-corrected chi connectivity index (χ1v) is 5.22. The lowest BCUT2D eigenvalue weighted by Crippen LogP contribution is -1.95. The van der Waals surface area contributed by atoms with Crippen molar-refractivity contribution >= 4 is 11.6 Å². The fourth-order valence-electron chi connectivity index (χ4n) is 1.24. The lowest BCUT2D eigenvalue weighted by Gasteiger charge is -2.01. The van der Waals surface area contributed by atoms with Gasteiger partial charge in [-0.05, 0) is 43.5 Å². The van der Waals surface area contributed by atoms with E-state index in [1.807, 2.05) is 13.0 Å². The number of benzene rings is 1. The van der Waals surface area contributed by atoms with Crippen LogP contribution < -0.4 is 5.73 Å². The van der Waals surface area contributed by atoms with E-state index in [4.69, 9.17) is 17.3 Å². The zero-order chi connectivity index (χ0) is 10.4. The van der Waals surface area contributed by atoms with Gasteiger partial charge < -0.3 is 5.73 Å². The highest BCUT2D eigenvalue weighted by atomic mass is 35.5. The molecule has 0 bridgehead atoms. The van der Waals surface area contributed by atoms with Crippen LogP contribution in [0.25, 0.3) is 0 Å². The summed E-state index contributed by atoms with van der Waals surface area (Å²) in [6.07, 6.45) is 6.03. The summed E-state index contributed by atoms with van der Waals surface area (Å²) < 4.78 is 0. The molecule has 2 heteroatoms. The average Bonchev–Trinajstić information content (AvgIpc) is 2.15. The van der Waals surface area contributed by atoms with Gasteiger partial charge in [0, 0.05) is 5.02 Å². The van der Waals surface area contributed by atoms with Crippen molar-refractivity contribution in [2.45, 2.75) is 19.8 Å². The molecule has 14 heavy (non-hydrogen) atoms. The molecule has 0 fully saturated rings.